The molecule has 6 nitrogen and oxygen atoms in total. The van der Waals surface area contributed by atoms with Gasteiger partial charge < -0.3 is 4.74 Å². The molecule has 0 saturated carbocycles. The van der Waals surface area contributed by atoms with Gasteiger partial charge in [-0.2, -0.15) is 22.2 Å². The van der Waals surface area contributed by atoms with Crippen molar-refractivity contribution < 1.29 is 22.3 Å². The number of aromatic amines is 1. The van der Waals surface area contributed by atoms with E-state index in [1.165, 1.54) is 12.1 Å². The molecule has 0 radical (unpaired) electrons. The fourth-order valence-corrected chi connectivity index (χ4v) is 1.22. The lowest BCUT2D eigenvalue weighted by atomic mass is 10.3. The molecule has 0 fully saturated rings. The summed E-state index contributed by atoms with van der Waals surface area (Å²) < 4.78 is 53.8. The van der Waals surface area contributed by atoms with Gasteiger partial charge in [0.05, 0.1) is 5.69 Å². The molecular weight excluding hydrogens is 272 g/mol. The Labute approximate surface area is 102 Å². The van der Waals surface area contributed by atoms with Crippen LogP contribution in [0.5, 0.6) is 5.75 Å². The Kier molecular flexibility index (Phi) is 3.23. The summed E-state index contributed by atoms with van der Waals surface area (Å²) in [5.74, 6) is -0.467. The molecule has 2 rings (SSSR count). The Morgan fingerprint density at radius 3 is 2.37 bits per heavy atom. The number of ether oxygens (including phenoxy) is 1. The maximum atomic E-state index is 12.6. The first-order chi connectivity index (χ1) is 8.90. The second-order valence-electron chi connectivity index (χ2n) is 3.38. The van der Waals surface area contributed by atoms with E-state index in [1.807, 2.05) is 5.10 Å². The predicted molar refractivity (Wildman–Crippen MR) is 53.6 cm³/mol. The van der Waals surface area contributed by atoms with Crippen LogP contribution in [0.25, 0.3) is 5.69 Å². The zero-order valence-corrected chi connectivity index (χ0v) is 9.06. The number of alkyl halides is 4. The molecule has 0 aliphatic heterocycles. The van der Waals surface area contributed by atoms with Gasteiger partial charge in [-0.05, 0) is 34.7 Å². The van der Waals surface area contributed by atoms with Crippen molar-refractivity contribution in [2.45, 2.75) is 12.5 Å². The number of rotatable bonds is 4. The average molecular weight is 278 g/mol. The van der Waals surface area contributed by atoms with Crippen molar-refractivity contribution in [1.82, 2.24) is 20.2 Å². The van der Waals surface area contributed by atoms with Crippen LogP contribution >= 0.6 is 0 Å². The summed E-state index contributed by atoms with van der Waals surface area (Å²) in [5.41, 5.74) is -0.418. The summed E-state index contributed by atoms with van der Waals surface area (Å²) >= 11 is 0. The van der Waals surface area contributed by atoms with E-state index in [0.717, 1.165) is 16.8 Å². The quantitative estimate of drug-likeness (QED) is 0.853. The van der Waals surface area contributed by atoms with Gasteiger partial charge in [-0.3, -0.25) is 0 Å². The van der Waals surface area contributed by atoms with E-state index in [-0.39, 0.29) is 5.69 Å². The normalized spacial score (nSPS) is 11.8. The number of benzene rings is 1. The van der Waals surface area contributed by atoms with Gasteiger partial charge in [0.15, 0.2) is 0 Å². The van der Waals surface area contributed by atoms with E-state index in [9.17, 15) is 22.4 Å². The van der Waals surface area contributed by atoms with Crippen molar-refractivity contribution in [2.75, 3.05) is 0 Å². The first kappa shape index (κ1) is 13.1. The third-order valence-electron chi connectivity index (χ3n) is 2.06. The molecule has 0 spiro atoms. The van der Waals surface area contributed by atoms with Crippen LogP contribution in [0, 0.1) is 0 Å². The molecule has 0 unspecified atom stereocenters. The summed E-state index contributed by atoms with van der Waals surface area (Å²) in [4.78, 5) is 11.2. The van der Waals surface area contributed by atoms with E-state index in [1.54, 1.807) is 0 Å². The topological polar surface area (TPSA) is 72.8 Å². The zero-order valence-electron chi connectivity index (χ0n) is 9.06. The number of nitrogens with one attached hydrogen (secondary N) is 1. The van der Waals surface area contributed by atoms with Crippen LogP contribution in [-0.2, 0) is 0 Å². The monoisotopic (exact) mass is 278 g/mol. The number of tetrazole rings is 1. The Bertz CT molecular complexity index is 607. The summed E-state index contributed by atoms with van der Waals surface area (Å²) in [6.45, 7) is 0. The number of nitrogens with zero attached hydrogens (tertiary/aromatic N) is 3. The van der Waals surface area contributed by atoms with Crippen molar-refractivity contribution in [3.63, 3.8) is 0 Å². The minimum Gasteiger partial charge on any atom is -0.428 e. The van der Waals surface area contributed by atoms with Crippen molar-refractivity contribution in [1.29, 1.82) is 0 Å². The molecule has 0 bridgehead atoms. The van der Waals surface area contributed by atoms with E-state index in [2.05, 4.69) is 15.2 Å². The highest BCUT2D eigenvalue weighted by molar-refractivity contribution is 5.36. The molecule has 1 heterocycles. The lowest BCUT2D eigenvalue weighted by Crippen LogP contribution is -2.33. The molecule has 0 aliphatic carbocycles. The SMILES string of the molecule is O=c1[nH]nnn1-c1ccc(OC(F)(F)C(F)F)cc1. The van der Waals surface area contributed by atoms with Gasteiger partial charge in [0, 0.05) is 0 Å². The van der Waals surface area contributed by atoms with Gasteiger partial charge in [-0.15, -0.1) is 0 Å². The van der Waals surface area contributed by atoms with Crippen LogP contribution < -0.4 is 10.4 Å². The van der Waals surface area contributed by atoms with Gasteiger partial charge in [0.2, 0.25) is 0 Å². The molecule has 1 aromatic carbocycles. The highest BCUT2D eigenvalue weighted by Gasteiger charge is 2.43. The van der Waals surface area contributed by atoms with Crippen molar-refractivity contribution in [3.8, 4) is 11.4 Å². The third kappa shape index (κ3) is 2.72. The van der Waals surface area contributed by atoms with Crippen LogP contribution in [0.4, 0.5) is 17.6 Å². The van der Waals surface area contributed by atoms with Gasteiger partial charge in [-0.25, -0.2) is 9.89 Å². The van der Waals surface area contributed by atoms with Crippen LogP contribution in [0.15, 0.2) is 29.1 Å². The molecule has 19 heavy (non-hydrogen) atoms. The summed E-state index contributed by atoms with van der Waals surface area (Å²) in [5, 5.41) is 8.67. The molecule has 10 heteroatoms. The largest absolute Gasteiger partial charge is 0.461 e. The molecule has 0 amide bonds. The second kappa shape index (κ2) is 4.71. The van der Waals surface area contributed by atoms with E-state index in [4.69, 9.17) is 0 Å². The minimum atomic E-state index is -4.58. The van der Waals surface area contributed by atoms with Gasteiger partial charge in [0.1, 0.15) is 5.75 Å². The molecule has 0 saturated heterocycles. The lowest BCUT2D eigenvalue weighted by Gasteiger charge is -2.16. The second-order valence-corrected chi connectivity index (χ2v) is 3.38. The minimum absolute atomic E-state index is 0.214. The van der Waals surface area contributed by atoms with Crippen LogP contribution in [0.1, 0.15) is 0 Å². The maximum Gasteiger partial charge on any atom is 0.461 e. The Balaban J connectivity index is 2.20. The Morgan fingerprint density at radius 1 is 1.26 bits per heavy atom. The van der Waals surface area contributed by atoms with Gasteiger partial charge >= 0.3 is 18.2 Å². The van der Waals surface area contributed by atoms with Crippen molar-refractivity contribution in [2.24, 2.45) is 0 Å². The predicted octanol–water partition coefficient (Wildman–Crippen LogP) is 1.19. The first-order valence-corrected chi connectivity index (χ1v) is 4.86. The van der Waals surface area contributed by atoms with Crippen LogP contribution in [-0.4, -0.2) is 32.7 Å². The maximum absolute atomic E-state index is 12.6. The lowest BCUT2D eigenvalue weighted by molar-refractivity contribution is -0.253. The zero-order chi connectivity index (χ0) is 14.0. The number of H-pyrrole nitrogens is 1. The Hall–Kier alpha value is -2.39. The van der Waals surface area contributed by atoms with Crippen molar-refractivity contribution in [3.05, 3.63) is 34.7 Å². The number of halogens is 4. The van der Waals surface area contributed by atoms with E-state index in [0.29, 0.717) is 0 Å². The smallest absolute Gasteiger partial charge is 0.428 e. The summed E-state index contributed by atoms with van der Waals surface area (Å²) in [6.07, 6.45) is -8.52. The Morgan fingerprint density at radius 2 is 1.89 bits per heavy atom. The van der Waals surface area contributed by atoms with E-state index < -0.39 is 24.0 Å². The fourth-order valence-electron chi connectivity index (χ4n) is 1.22. The molecular formula is C9H6F4N4O2. The van der Waals surface area contributed by atoms with Crippen molar-refractivity contribution >= 4 is 0 Å². The summed E-state index contributed by atoms with van der Waals surface area (Å²) in [6, 6.07) is 4.40. The van der Waals surface area contributed by atoms with Crippen LogP contribution in [0.3, 0.4) is 0 Å². The number of aromatic nitrogens is 4. The summed E-state index contributed by atoms with van der Waals surface area (Å²) in [7, 11) is 0. The fraction of sp³-hybridized carbons (Fsp3) is 0.222. The average Bonchev–Trinajstić information content (AvgIpc) is 2.76. The number of hydrogen-bond donors (Lipinski definition) is 1. The highest BCUT2D eigenvalue weighted by atomic mass is 19.3. The molecule has 102 valence electrons. The van der Waals surface area contributed by atoms with Gasteiger partial charge in [-0.1, -0.05) is 0 Å². The molecule has 0 atom stereocenters. The standard InChI is InChI=1S/C9H6F4N4O2/c10-7(11)9(12,13)19-6-3-1-5(2-4-6)17-8(18)14-15-16-17/h1-4,7H,(H,14,16,18). The third-order valence-corrected chi connectivity index (χ3v) is 2.06. The molecule has 1 aromatic heterocycles. The highest BCUT2D eigenvalue weighted by Crippen LogP contribution is 2.27. The molecule has 0 aliphatic rings. The van der Waals surface area contributed by atoms with Gasteiger partial charge in [0.25, 0.3) is 0 Å². The van der Waals surface area contributed by atoms with Crippen LogP contribution in [0.2, 0.25) is 0 Å². The number of hydrogen-bond acceptors (Lipinski definition) is 4. The molecule has 1 N–H and O–H groups in total. The van der Waals surface area contributed by atoms with E-state index >= 15 is 0 Å². The molecule has 2 aromatic rings. The first-order valence-electron chi connectivity index (χ1n) is 4.86.